The van der Waals surface area contributed by atoms with Crippen LogP contribution in [-0.2, 0) is 14.3 Å². The second kappa shape index (κ2) is 9.30. The van der Waals surface area contributed by atoms with Crippen LogP contribution >= 0.6 is 0 Å². The van der Waals surface area contributed by atoms with E-state index in [4.69, 9.17) is 4.74 Å². The van der Waals surface area contributed by atoms with Crippen LogP contribution in [0, 0.1) is 40.4 Å². The average Bonchev–Trinajstić information content (AvgIpc) is 3.09. The number of methoxy groups -OCH3 is 1. The molecule has 4 heteroatoms. The summed E-state index contributed by atoms with van der Waals surface area (Å²) in [5, 5.41) is 10.1. The number of carbonyl (C=O) groups excluding carboxylic acids is 2. The number of ketones is 1. The summed E-state index contributed by atoms with van der Waals surface area (Å²) in [6, 6.07) is 0. The first kappa shape index (κ1) is 23.8. The van der Waals surface area contributed by atoms with E-state index in [0.717, 1.165) is 44.9 Å². The molecule has 1 N–H and O–H groups in total. The number of hydrogen-bond acceptors (Lipinski definition) is 4. The topological polar surface area (TPSA) is 63.6 Å². The lowest BCUT2D eigenvalue weighted by Gasteiger charge is -2.55. The van der Waals surface area contributed by atoms with Gasteiger partial charge in [0.2, 0.25) is 0 Å². The highest BCUT2D eigenvalue weighted by molar-refractivity contribution is 5.81. The molecule has 3 saturated carbocycles. The molecule has 3 fully saturated rings. The van der Waals surface area contributed by atoms with E-state index < -0.39 is 0 Å². The second-order valence-corrected chi connectivity index (χ2v) is 11.3. The lowest BCUT2D eigenvalue weighted by atomic mass is 9.49. The van der Waals surface area contributed by atoms with E-state index in [1.807, 2.05) is 6.92 Å². The van der Waals surface area contributed by atoms with Gasteiger partial charge in [0.1, 0.15) is 5.78 Å². The van der Waals surface area contributed by atoms with Crippen LogP contribution in [-0.4, -0.2) is 30.1 Å². The fourth-order valence-corrected chi connectivity index (χ4v) is 7.86. The molecule has 0 heterocycles. The molecule has 0 bridgehead atoms. The number of fused-ring (bicyclic) bond motifs is 1. The van der Waals surface area contributed by atoms with E-state index >= 15 is 0 Å². The predicted molar refractivity (Wildman–Crippen MR) is 119 cm³/mol. The third-order valence-electron chi connectivity index (χ3n) is 9.77. The van der Waals surface area contributed by atoms with E-state index in [2.05, 4.69) is 20.8 Å². The molecule has 3 rings (SSSR count). The summed E-state index contributed by atoms with van der Waals surface area (Å²) in [4.78, 5) is 25.0. The van der Waals surface area contributed by atoms with Gasteiger partial charge in [-0.2, -0.15) is 0 Å². The Morgan fingerprint density at radius 1 is 1.03 bits per heavy atom. The first-order chi connectivity index (χ1) is 14.2. The van der Waals surface area contributed by atoms with Gasteiger partial charge in [0, 0.05) is 18.8 Å². The first-order valence-corrected chi connectivity index (χ1v) is 12.4. The minimum absolute atomic E-state index is 0.114. The molecule has 6 atom stereocenters. The van der Waals surface area contributed by atoms with Gasteiger partial charge in [0.25, 0.3) is 0 Å². The Bertz CT molecular complexity index is 621. The predicted octanol–water partition coefficient (Wildman–Crippen LogP) is 5.55. The quantitative estimate of drug-likeness (QED) is 0.548. The van der Waals surface area contributed by atoms with Gasteiger partial charge in [-0.25, -0.2) is 0 Å². The van der Waals surface area contributed by atoms with Gasteiger partial charge in [0.15, 0.2) is 0 Å². The molecule has 3 aliphatic carbocycles. The summed E-state index contributed by atoms with van der Waals surface area (Å²) in [7, 11) is 1.47. The number of aliphatic hydroxyl groups is 1. The van der Waals surface area contributed by atoms with Crippen LogP contribution in [0.25, 0.3) is 0 Å². The summed E-state index contributed by atoms with van der Waals surface area (Å²) in [5.41, 5.74) is 0.386. The van der Waals surface area contributed by atoms with Gasteiger partial charge in [-0.1, -0.05) is 27.7 Å². The molecule has 4 nitrogen and oxygen atoms in total. The highest BCUT2D eigenvalue weighted by Gasteiger charge is 2.59. The Labute approximate surface area is 183 Å². The summed E-state index contributed by atoms with van der Waals surface area (Å²) in [6.07, 6.45) is 10.4. The molecule has 30 heavy (non-hydrogen) atoms. The van der Waals surface area contributed by atoms with E-state index in [1.165, 1.54) is 20.0 Å². The van der Waals surface area contributed by atoms with Crippen molar-refractivity contribution in [2.45, 2.75) is 104 Å². The van der Waals surface area contributed by atoms with E-state index in [1.54, 1.807) is 0 Å². The highest BCUT2D eigenvalue weighted by Crippen LogP contribution is 2.64. The molecular weight excluding hydrogens is 376 g/mol. The molecule has 0 spiro atoms. The molecule has 0 radical (unpaired) electrons. The van der Waals surface area contributed by atoms with E-state index in [-0.39, 0.29) is 28.8 Å². The Morgan fingerprint density at radius 3 is 2.30 bits per heavy atom. The molecule has 0 amide bonds. The van der Waals surface area contributed by atoms with Crippen molar-refractivity contribution in [3.05, 3.63) is 0 Å². The minimum Gasteiger partial charge on any atom is -0.469 e. The Hall–Kier alpha value is -0.900. The Kier molecular flexibility index (Phi) is 7.37. The fourth-order valence-electron chi connectivity index (χ4n) is 7.86. The van der Waals surface area contributed by atoms with Crippen molar-refractivity contribution < 1.29 is 19.4 Å². The van der Waals surface area contributed by atoms with Crippen molar-refractivity contribution >= 4 is 11.8 Å². The number of aliphatic hydroxyl groups excluding tert-OH is 1. The molecule has 0 aliphatic heterocycles. The third kappa shape index (κ3) is 4.36. The summed E-state index contributed by atoms with van der Waals surface area (Å²) < 4.78 is 4.86. The van der Waals surface area contributed by atoms with Crippen molar-refractivity contribution in [2.24, 2.45) is 40.4 Å². The molecular formula is C26H44O4. The van der Waals surface area contributed by atoms with Crippen molar-refractivity contribution in [2.75, 3.05) is 7.11 Å². The lowest BCUT2D eigenvalue weighted by molar-refractivity contribution is -0.141. The summed E-state index contributed by atoms with van der Waals surface area (Å²) >= 11 is 0. The molecule has 2 unspecified atom stereocenters. The van der Waals surface area contributed by atoms with Crippen molar-refractivity contribution in [1.29, 1.82) is 0 Å². The van der Waals surface area contributed by atoms with Gasteiger partial charge >= 0.3 is 5.97 Å². The van der Waals surface area contributed by atoms with Crippen LogP contribution in [0.4, 0.5) is 0 Å². The lowest BCUT2D eigenvalue weighted by Crippen LogP contribution is -2.51. The molecule has 0 aromatic heterocycles. The van der Waals surface area contributed by atoms with Gasteiger partial charge in [-0.15, -0.1) is 0 Å². The van der Waals surface area contributed by atoms with E-state index in [9.17, 15) is 14.7 Å². The maximum absolute atomic E-state index is 13.3. The normalized spacial score (nSPS) is 42.4. The van der Waals surface area contributed by atoms with Gasteiger partial charge < -0.3 is 9.84 Å². The van der Waals surface area contributed by atoms with Gasteiger partial charge in [-0.05, 0) is 92.3 Å². The van der Waals surface area contributed by atoms with Crippen molar-refractivity contribution in [1.82, 2.24) is 0 Å². The van der Waals surface area contributed by atoms with Crippen LogP contribution in [0.1, 0.15) is 98.3 Å². The number of carbonyl (C=O) groups is 2. The number of esters is 1. The maximum Gasteiger partial charge on any atom is 0.305 e. The van der Waals surface area contributed by atoms with Crippen LogP contribution in [0.5, 0.6) is 0 Å². The third-order valence-corrected chi connectivity index (χ3v) is 9.77. The molecule has 0 aromatic carbocycles. The SMILES string of the molecule is CCC(=O)[C@@H]1[C@@H](C2(C)CCC(O)CC2)CC[C@]2(C)C(C(C)CCC(=O)OC)CC[C@@H]12. The van der Waals surface area contributed by atoms with Crippen LogP contribution < -0.4 is 0 Å². The zero-order valence-electron chi connectivity index (χ0n) is 19.9. The number of rotatable bonds is 7. The molecule has 0 aromatic rings. The molecule has 3 aliphatic rings. The fraction of sp³-hybridized carbons (Fsp3) is 0.923. The highest BCUT2D eigenvalue weighted by atomic mass is 16.5. The maximum atomic E-state index is 13.3. The number of ether oxygens (including phenoxy) is 1. The minimum atomic E-state index is -0.154. The number of Topliss-reactive ketones (excluding diaryl/α,β-unsaturated/α-hetero) is 1. The Balaban J connectivity index is 1.81. The molecule has 0 saturated heterocycles. The number of hydrogen-bond donors (Lipinski definition) is 1. The largest absolute Gasteiger partial charge is 0.469 e. The zero-order valence-corrected chi connectivity index (χ0v) is 19.9. The molecule has 172 valence electrons. The smallest absolute Gasteiger partial charge is 0.305 e. The average molecular weight is 421 g/mol. The van der Waals surface area contributed by atoms with Crippen LogP contribution in [0.15, 0.2) is 0 Å². The summed E-state index contributed by atoms with van der Waals surface area (Å²) in [6.45, 7) is 9.17. The first-order valence-electron chi connectivity index (χ1n) is 12.4. The Morgan fingerprint density at radius 2 is 1.70 bits per heavy atom. The second-order valence-electron chi connectivity index (χ2n) is 11.3. The van der Waals surface area contributed by atoms with E-state index in [0.29, 0.717) is 42.3 Å². The van der Waals surface area contributed by atoms with Crippen LogP contribution in [0.3, 0.4) is 0 Å². The van der Waals surface area contributed by atoms with Crippen LogP contribution in [0.2, 0.25) is 0 Å². The van der Waals surface area contributed by atoms with Gasteiger partial charge in [0.05, 0.1) is 13.2 Å². The van der Waals surface area contributed by atoms with Crippen molar-refractivity contribution in [3.8, 4) is 0 Å². The zero-order chi connectivity index (χ0) is 22.1. The van der Waals surface area contributed by atoms with Gasteiger partial charge in [-0.3, -0.25) is 9.59 Å². The summed E-state index contributed by atoms with van der Waals surface area (Å²) in [5.74, 6) is 2.52. The standard InChI is InChI=1S/C26H44O4/c1-6-22(28)24-20(25(3)14-11-18(27)12-15-25)13-16-26(4)19(8-9-21(24)26)17(2)7-10-23(29)30-5/h17-21,24,27H,6-16H2,1-5H3/t17?,18?,19?,20-,21-,24+,25?,26+/m0/s1. The monoisotopic (exact) mass is 420 g/mol. The van der Waals surface area contributed by atoms with Crippen molar-refractivity contribution in [3.63, 3.8) is 0 Å².